The van der Waals surface area contributed by atoms with Crippen molar-refractivity contribution in [3.63, 3.8) is 0 Å². The van der Waals surface area contributed by atoms with E-state index in [9.17, 15) is 0 Å². The lowest BCUT2D eigenvalue weighted by molar-refractivity contribution is 0.823. The zero-order valence-electron chi connectivity index (χ0n) is 7.59. The molecule has 1 nitrogen and oxygen atoms in total. The molecule has 0 bridgehead atoms. The van der Waals surface area contributed by atoms with Crippen LogP contribution in [0.5, 0.6) is 0 Å². The van der Waals surface area contributed by atoms with E-state index in [0.717, 1.165) is 13.1 Å². The highest BCUT2D eigenvalue weighted by Crippen LogP contribution is 2.33. The van der Waals surface area contributed by atoms with E-state index in [1.165, 1.54) is 29.5 Å². The molecule has 1 aliphatic heterocycles. The molecule has 1 radical (unpaired) electrons. The maximum Gasteiger partial charge on any atom is 0.0394 e. The van der Waals surface area contributed by atoms with Crippen molar-refractivity contribution < 1.29 is 0 Å². The minimum absolute atomic E-state index is 0.951. The Hall–Kier alpha value is -1.08. The summed E-state index contributed by atoms with van der Waals surface area (Å²) < 4.78 is 0. The average molecular weight is 170 g/mol. The van der Waals surface area contributed by atoms with Crippen molar-refractivity contribution in [3.8, 4) is 0 Å². The molecule has 65 valence electrons. The van der Waals surface area contributed by atoms with Crippen molar-refractivity contribution in [2.45, 2.75) is 12.8 Å². The number of hydrogen-bond acceptors (Lipinski definition) is 0. The molecule has 0 N–H and O–H groups in total. The lowest BCUT2D eigenvalue weighted by Gasteiger charge is -2.17. The van der Waals surface area contributed by atoms with Crippen molar-refractivity contribution in [2.24, 2.45) is 0 Å². The van der Waals surface area contributed by atoms with Crippen LogP contribution in [0.25, 0.3) is 5.57 Å². The van der Waals surface area contributed by atoms with E-state index in [-0.39, 0.29) is 0 Å². The summed E-state index contributed by atoms with van der Waals surface area (Å²) in [6.07, 6.45) is 2.44. The monoisotopic (exact) mass is 170 g/mol. The molecule has 3 rings (SSSR count). The SMILES string of the molecule is c1ccc2c(c1)CCC1=C2C[N]C1. The van der Waals surface area contributed by atoms with Crippen LogP contribution in [0.2, 0.25) is 0 Å². The van der Waals surface area contributed by atoms with E-state index in [1.807, 2.05) is 0 Å². The van der Waals surface area contributed by atoms with E-state index in [2.05, 4.69) is 29.6 Å². The van der Waals surface area contributed by atoms with Gasteiger partial charge < -0.3 is 0 Å². The molecule has 1 aromatic rings. The van der Waals surface area contributed by atoms with Gasteiger partial charge in [0, 0.05) is 13.1 Å². The summed E-state index contributed by atoms with van der Waals surface area (Å²) in [5.74, 6) is 0. The molecular weight excluding hydrogens is 158 g/mol. The summed E-state index contributed by atoms with van der Waals surface area (Å²) >= 11 is 0. The van der Waals surface area contributed by atoms with Crippen molar-refractivity contribution >= 4 is 5.57 Å². The third-order valence-corrected chi connectivity index (χ3v) is 3.04. The zero-order chi connectivity index (χ0) is 8.67. The summed E-state index contributed by atoms with van der Waals surface area (Å²) in [6, 6.07) is 8.76. The van der Waals surface area contributed by atoms with Crippen LogP contribution >= 0.6 is 0 Å². The van der Waals surface area contributed by atoms with Crippen LogP contribution in [0, 0.1) is 0 Å². The maximum atomic E-state index is 4.45. The molecule has 2 aliphatic rings. The van der Waals surface area contributed by atoms with E-state index in [0.29, 0.717) is 0 Å². The highest BCUT2D eigenvalue weighted by molar-refractivity contribution is 5.76. The fraction of sp³-hybridized carbons (Fsp3) is 0.333. The van der Waals surface area contributed by atoms with Gasteiger partial charge in [-0.1, -0.05) is 24.3 Å². The summed E-state index contributed by atoms with van der Waals surface area (Å²) in [5.41, 5.74) is 6.07. The molecule has 0 atom stereocenters. The minimum Gasteiger partial charge on any atom is -0.233 e. The van der Waals surface area contributed by atoms with Gasteiger partial charge in [-0.15, -0.1) is 0 Å². The Kier molecular flexibility index (Phi) is 1.53. The first-order valence-corrected chi connectivity index (χ1v) is 4.87. The lowest BCUT2D eigenvalue weighted by atomic mass is 9.87. The van der Waals surface area contributed by atoms with Crippen LogP contribution in [0.4, 0.5) is 0 Å². The van der Waals surface area contributed by atoms with Crippen LogP contribution in [-0.4, -0.2) is 13.1 Å². The molecule has 1 aliphatic carbocycles. The third kappa shape index (κ3) is 1.04. The average Bonchev–Trinajstić information content (AvgIpc) is 2.65. The zero-order valence-corrected chi connectivity index (χ0v) is 7.59. The van der Waals surface area contributed by atoms with Gasteiger partial charge in [-0.25, -0.2) is 5.32 Å². The molecular formula is C12H12N. The van der Waals surface area contributed by atoms with Gasteiger partial charge in [0.25, 0.3) is 0 Å². The quantitative estimate of drug-likeness (QED) is 0.565. The Morgan fingerprint density at radius 2 is 1.92 bits per heavy atom. The molecule has 0 unspecified atom stereocenters. The maximum absolute atomic E-state index is 4.45. The van der Waals surface area contributed by atoms with Crippen LogP contribution in [0.15, 0.2) is 29.8 Å². The topological polar surface area (TPSA) is 14.1 Å². The standard InChI is InChI=1S/C12H12N/c1-2-4-11-9(3-1)5-6-10-7-13-8-12(10)11/h1-4H,5-8H2. The van der Waals surface area contributed by atoms with Crippen LogP contribution in [0.3, 0.4) is 0 Å². The summed E-state index contributed by atoms with van der Waals surface area (Å²) in [5, 5.41) is 4.45. The second-order valence-corrected chi connectivity index (χ2v) is 3.78. The van der Waals surface area contributed by atoms with E-state index in [4.69, 9.17) is 0 Å². The van der Waals surface area contributed by atoms with Gasteiger partial charge in [-0.3, -0.25) is 0 Å². The van der Waals surface area contributed by atoms with Crippen molar-refractivity contribution in [1.82, 2.24) is 5.32 Å². The largest absolute Gasteiger partial charge is 0.233 e. The molecule has 0 aromatic heterocycles. The first-order chi connectivity index (χ1) is 6.45. The summed E-state index contributed by atoms with van der Waals surface area (Å²) in [6.45, 7) is 1.94. The second kappa shape index (κ2) is 2.71. The molecule has 1 aromatic carbocycles. The Morgan fingerprint density at radius 3 is 2.92 bits per heavy atom. The van der Waals surface area contributed by atoms with Gasteiger partial charge >= 0.3 is 0 Å². The number of aryl methyl sites for hydroxylation is 1. The first-order valence-electron chi connectivity index (χ1n) is 4.87. The predicted molar refractivity (Wildman–Crippen MR) is 53.6 cm³/mol. The van der Waals surface area contributed by atoms with Gasteiger partial charge in [-0.2, -0.15) is 0 Å². The second-order valence-electron chi connectivity index (χ2n) is 3.78. The van der Waals surface area contributed by atoms with Crippen molar-refractivity contribution in [2.75, 3.05) is 13.1 Å². The summed E-state index contributed by atoms with van der Waals surface area (Å²) in [7, 11) is 0. The third-order valence-electron chi connectivity index (χ3n) is 3.04. The Bertz CT molecular complexity index is 376. The molecule has 0 spiro atoms. The number of nitrogens with zero attached hydrogens (tertiary/aromatic N) is 1. The van der Waals surface area contributed by atoms with Gasteiger partial charge in [0.15, 0.2) is 0 Å². The Balaban J connectivity index is 2.18. The lowest BCUT2D eigenvalue weighted by Crippen LogP contribution is -2.03. The Labute approximate surface area is 78.5 Å². The summed E-state index contributed by atoms with van der Waals surface area (Å²) in [4.78, 5) is 0. The molecule has 0 saturated carbocycles. The van der Waals surface area contributed by atoms with Gasteiger partial charge in [0.05, 0.1) is 0 Å². The molecule has 0 fully saturated rings. The predicted octanol–water partition coefficient (Wildman–Crippen LogP) is 2.00. The molecule has 0 amide bonds. The van der Waals surface area contributed by atoms with Crippen molar-refractivity contribution in [1.29, 1.82) is 0 Å². The fourth-order valence-corrected chi connectivity index (χ4v) is 2.33. The molecule has 1 heteroatoms. The number of rotatable bonds is 0. The molecule has 13 heavy (non-hydrogen) atoms. The molecule has 1 heterocycles. The fourth-order valence-electron chi connectivity index (χ4n) is 2.33. The molecule has 0 saturated heterocycles. The van der Waals surface area contributed by atoms with E-state index >= 15 is 0 Å². The highest BCUT2D eigenvalue weighted by Gasteiger charge is 2.22. The number of fused-ring (bicyclic) bond motifs is 2. The van der Waals surface area contributed by atoms with Crippen LogP contribution in [-0.2, 0) is 6.42 Å². The van der Waals surface area contributed by atoms with Crippen LogP contribution < -0.4 is 5.32 Å². The van der Waals surface area contributed by atoms with Gasteiger partial charge in [0.2, 0.25) is 0 Å². The highest BCUT2D eigenvalue weighted by atomic mass is 14.9. The van der Waals surface area contributed by atoms with E-state index in [1.54, 1.807) is 5.57 Å². The van der Waals surface area contributed by atoms with Gasteiger partial charge in [-0.05, 0) is 35.1 Å². The number of benzene rings is 1. The first kappa shape index (κ1) is 7.34. The van der Waals surface area contributed by atoms with Crippen molar-refractivity contribution in [3.05, 3.63) is 41.0 Å². The van der Waals surface area contributed by atoms with Crippen LogP contribution in [0.1, 0.15) is 17.5 Å². The Morgan fingerprint density at radius 1 is 1.00 bits per heavy atom. The number of hydrogen-bond donors (Lipinski definition) is 0. The normalized spacial score (nSPS) is 20.0. The van der Waals surface area contributed by atoms with Gasteiger partial charge in [0.1, 0.15) is 0 Å². The minimum atomic E-state index is 0.951. The smallest absolute Gasteiger partial charge is 0.0394 e. The van der Waals surface area contributed by atoms with E-state index < -0.39 is 0 Å².